The third kappa shape index (κ3) is 4.27. The summed E-state index contributed by atoms with van der Waals surface area (Å²) in [6, 6.07) is 7.59. The molecule has 0 saturated carbocycles. The van der Waals surface area contributed by atoms with Gasteiger partial charge in [0.05, 0.1) is 12.2 Å². The van der Waals surface area contributed by atoms with Gasteiger partial charge in [0.2, 0.25) is 0 Å². The number of hydrogen-bond acceptors (Lipinski definition) is 4. The highest BCUT2D eigenvalue weighted by Gasteiger charge is 2.14. The van der Waals surface area contributed by atoms with Crippen LogP contribution in [-0.2, 0) is 6.54 Å². The summed E-state index contributed by atoms with van der Waals surface area (Å²) in [6.45, 7) is 8.03. The van der Waals surface area contributed by atoms with Gasteiger partial charge in [0.1, 0.15) is 0 Å². The van der Waals surface area contributed by atoms with Crippen LogP contribution in [0, 0.1) is 6.92 Å². The fraction of sp³-hybridized carbons (Fsp3) is 0.429. The van der Waals surface area contributed by atoms with Gasteiger partial charge in [0, 0.05) is 5.54 Å². The van der Waals surface area contributed by atoms with Crippen LogP contribution in [-0.4, -0.2) is 31.8 Å². The van der Waals surface area contributed by atoms with Crippen molar-refractivity contribution < 1.29 is 4.79 Å². The standard InChI is InChI=1S/C14H20N6O/c1-10-5-7-11(8-6-10)20-12(17-18-19-20)9-15-13(21)16-14(2,3)4/h5-8H,9H2,1-4H3,(H2,15,16,21). The van der Waals surface area contributed by atoms with E-state index in [1.165, 1.54) is 0 Å². The van der Waals surface area contributed by atoms with E-state index in [-0.39, 0.29) is 18.1 Å². The molecule has 2 aromatic rings. The van der Waals surface area contributed by atoms with Crippen LogP contribution in [0.25, 0.3) is 5.69 Å². The Bertz CT molecular complexity index is 611. The van der Waals surface area contributed by atoms with Gasteiger partial charge in [-0.15, -0.1) is 5.10 Å². The van der Waals surface area contributed by atoms with E-state index in [2.05, 4.69) is 26.2 Å². The number of carbonyl (C=O) groups excluding carboxylic acids is 1. The smallest absolute Gasteiger partial charge is 0.315 e. The fourth-order valence-electron chi connectivity index (χ4n) is 1.75. The molecule has 0 spiro atoms. The summed E-state index contributed by atoms with van der Waals surface area (Å²) < 4.78 is 1.61. The average molecular weight is 288 g/mol. The summed E-state index contributed by atoms with van der Waals surface area (Å²) in [6.07, 6.45) is 0. The molecule has 1 heterocycles. The number of aromatic nitrogens is 4. The fourth-order valence-corrected chi connectivity index (χ4v) is 1.75. The highest BCUT2D eigenvalue weighted by molar-refractivity contribution is 5.74. The van der Waals surface area contributed by atoms with E-state index in [1.807, 2.05) is 52.0 Å². The Balaban J connectivity index is 2.04. The molecule has 2 amide bonds. The second-order valence-electron chi connectivity index (χ2n) is 5.90. The lowest BCUT2D eigenvalue weighted by molar-refractivity contribution is 0.231. The van der Waals surface area contributed by atoms with Crippen molar-refractivity contribution in [1.82, 2.24) is 30.8 Å². The molecule has 1 aromatic heterocycles. The van der Waals surface area contributed by atoms with Crippen LogP contribution in [0.3, 0.4) is 0 Å². The zero-order valence-electron chi connectivity index (χ0n) is 12.7. The molecule has 0 bridgehead atoms. The minimum atomic E-state index is -0.285. The third-order valence-corrected chi connectivity index (χ3v) is 2.71. The summed E-state index contributed by atoms with van der Waals surface area (Å²) in [4.78, 5) is 11.7. The number of nitrogens with zero attached hydrogens (tertiary/aromatic N) is 4. The Labute approximate surface area is 123 Å². The average Bonchev–Trinajstić information content (AvgIpc) is 2.83. The van der Waals surface area contributed by atoms with Gasteiger partial charge in [0.15, 0.2) is 5.82 Å². The number of rotatable bonds is 3. The van der Waals surface area contributed by atoms with Crippen LogP contribution in [0.5, 0.6) is 0 Å². The topological polar surface area (TPSA) is 84.7 Å². The Morgan fingerprint density at radius 3 is 2.52 bits per heavy atom. The van der Waals surface area contributed by atoms with Crippen molar-refractivity contribution >= 4 is 6.03 Å². The van der Waals surface area contributed by atoms with E-state index in [9.17, 15) is 4.79 Å². The summed E-state index contributed by atoms with van der Waals surface area (Å²) >= 11 is 0. The number of aryl methyl sites for hydroxylation is 1. The lowest BCUT2D eigenvalue weighted by atomic mass is 10.1. The number of tetrazole rings is 1. The molecule has 1 aromatic carbocycles. The zero-order chi connectivity index (χ0) is 15.5. The second kappa shape index (κ2) is 5.90. The minimum absolute atomic E-state index is 0.249. The Morgan fingerprint density at radius 1 is 1.24 bits per heavy atom. The lowest BCUT2D eigenvalue weighted by Crippen LogP contribution is -2.46. The number of hydrogen-bond donors (Lipinski definition) is 2. The summed E-state index contributed by atoms with van der Waals surface area (Å²) in [5.41, 5.74) is 1.74. The highest BCUT2D eigenvalue weighted by atomic mass is 16.2. The summed E-state index contributed by atoms with van der Waals surface area (Å²) in [5.74, 6) is 0.572. The van der Waals surface area contributed by atoms with Crippen molar-refractivity contribution in [2.24, 2.45) is 0 Å². The maximum absolute atomic E-state index is 11.7. The van der Waals surface area contributed by atoms with E-state index in [0.717, 1.165) is 11.3 Å². The Hall–Kier alpha value is -2.44. The molecule has 0 saturated heterocycles. The number of nitrogens with one attached hydrogen (secondary N) is 2. The van der Waals surface area contributed by atoms with Crippen molar-refractivity contribution in [3.8, 4) is 5.69 Å². The minimum Gasteiger partial charge on any atom is -0.334 e. The quantitative estimate of drug-likeness (QED) is 0.897. The first-order chi connectivity index (χ1) is 9.85. The molecule has 7 nitrogen and oxygen atoms in total. The van der Waals surface area contributed by atoms with Crippen LogP contribution >= 0.6 is 0 Å². The van der Waals surface area contributed by atoms with Gasteiger partial charge in [0.25, 0.3) is 0 Å². The van der Waals surface area contributed by atoms with Gasteiger partial charge in [-0.1, -0.05) is 17.7 Å². The number of urea groups is 1. The van der Waals surface area contributed by atoms with E-state index in [4.69, 9.17) is 0 Å². The number of carbonyl (C=O) groups is 1. The van der Waals surface area contributed by atoms with E-state index in [0.29, 0.717) is 5.82 Å². The van der Waals surface area contributed by atoms with Gasteiger partial charge in [-0.2, -0.15) is 4.68 Å². The van der Waals surface area contributed by atoms with E-state index >= 15 is 0 Å². The highest BCUT2D eigenvalue weighted by Crippen LogP contribution is 2.09. The predicted molar refractivity (Wildman–Crippen MR) is 79.0 cm³/mol. The SMILES string of the molecule is Cc1ccc(-n2nnnc2CNC(=O)NC(C)(C)C)cc1. The molecule has 2 N–H and O–H groups in total. The largest absolute Gasteiger partial charge is 0.334 e. The van der Waals surface area contributed by atoms with Crippen molar-refractivity contribution in [3.05, 3.63) is 35.7 Å². The molecular formula is C14H20N6O. The number of benzene rings is 1. The maximum atomic E-state index is 11.7. The van der Waals surface area contributed by atoms with Gasteiger partial charge in [-0.3, -0.25) is 0 Å². The molecule has 112 valence electrons. The lowest BCUT2D eigenvalue weighted by Gasteiger charge is -2.20. The van der Waals surface area contributed by atoms with Crippen LogP contribution < -0.4 is 10.6 Å². The molecular weight excluding hydrogens is 268 g/mol. The van der Waals surface area contributed by atoms with Crippen LogP contribution in [0.4, 0.5) is 4.79 Å². The molecule has 0 atom stereocenters. The molecule has 21 heavy (non-hydrogen) atoms. The first-order valence-corrected chi connectivity index (χ1v) is 6.75. The van der Waals surface area contributed by atoms with Crippen molar-refractivity contribution in [3.63, 3.8) is 0 Å². The predicted octanol–water partition coefficient (Wildman–Crippen LogP) is 1.57. The van der Waals surface area contributed by atoms with Gasteiger partial charge in [-0.25, -0.2) is 4.79 Å². The maximum Gasteiger partial charge on any atom is 0.315 e. The summed E-state index contributed by atoms with van der Waals surface area (Å²) in [7, 11) is 0. The molecule has 0 radical (unpaired) electrons. The van der Waals surface area contributed by atoms with Crippen LogP contribution in [0.1, 0.15) is 32.2 Å². The van der Waals surface area contributed by atoms with E-state index in [1.54, 1.807) is 4.68 Å². The summed E-state index contributed by atoms with van der Waals surface area (Å²) in [5, 5.41) is 17.1. The normalized spacial score (nSPS) is 11.2. The number of amides is 2. The Morgan fingerprint density at radius 2 is 1.90 bits per heavy atom. The van der Waals surface area contributed by atoms with Crippen LogP contribution in [0.2, 0.25) is 0 Å². The first kappa shape index (κ1) is 15.0. The zero-order valence-corrected chi connectivity index (χ0v) is 12.7. The van der Waals surface area contributed by atoms with Gasteiger partial charge < -0.3 is 10.6 Å². The van der Waals surface area contributed by atoms with Crippen molar-refractivity contribution in [1.29, 1.82) is 0 Å². The molecule has 0 aliphatic heterocycles. The molecule has 0 aliphatic rings. The molecule has 2 rings (SSSR count). The van der Waals surface area contributed by atoms with Crippen molar-refractivity contribution in [2.75, 3.05) is 0 Å². The molecule has 7 heteroatoms. The molecule has 0 aliphatic carbocycles. The Kier molecular flexibility index (Phi) is 4.21. The second-order valence-corrected chi connectivity index (χ2v) is 5.90. The van der Waals surface area contributed by atoms with Crippen molar-refractivity contribution in [2.45, 2.75) is 39.8 Å². The van der Waals surface area contributed by atoms with Gasteiger partial charge in [-0.05, 0) is 50.3 Å². The first-order valence-electron chi connectivity index (χ1n) is 6.75. The molecule has 0 unspecified atom stereocenters. The third-order valence-electron chi connectivity index (χ3n) is 2.71. The van der Waals surface area contributed by atoms with Gasteiger partial charge >= 0.3 is 6.03 Å². The van der Waals surface area contributed by atoms with E-state index < -0.39 is 0 Å². The van der Waals surface area contributed by atoms with Crippen LogP contribution in [0.15, 0.2) is 24.3 Å². The molecule has 0 fully saturated rings. The monoisotopic (exact) mass is 288 g/mol.